The van der Waals surface area contributed by atoms with Crippen molar-refractivity contribution in [3.8, 4) is 0 Å². The number of rotatable bonds is 0. The van der Waals surface area contributed by atoms with Gasteiger partial charge in [-0.05, 0) is 11.0 Å². The Kier molecular flexibility index (Phi) is 5.00. The SMILES string of the molecule is CC(C)(C)c1ccccc1.CCl. The molecule has 0 spiro atoms. The first-order valence-corrected chi connectivity index (χ1v) is 4.79. The molecule has 0 unspecified atom stereocenters. The topological polar surface area (TPSA) is 0 Å². The van der Waals surface area contributed by atoms with E-state index in [9.17, 15) is 0 Å². The molecule has 12 heavy (non-hydrogen) atoms. The van der Waals surface area contributed by atoms with Gasteiger partial charge in [-0.25, -0.2) is 0 Å². The van der Waals surface area contributed by atoms with Crippen LogP contribution in [0.2, 0.25) is 0 Å². The highest BCUT2D eigenvalue weighted by atomic mass is 35.5. The average molecular weight is 185 g/mol. The number of alkyl halides is 1. The van der Waals surface area contributed by atoms with E-state index in [1.54, 1.807) is 0 Å². The fourth-order valence-corrected chi connectivity index (χ4v) is 0.938. The van der Waals surface area contributed by atoms with Gasteiger partial charge in [-0.3, -0.25) is 0 Å². The predicted molar refractivity (Wildman–Crippen MR) is 56.9 cm³/mol. The minimum Gasteiger partial charge on any atom is -0.130 e. The fourth-order valence-electron chi connectivity index (χ4n) is 0.938. The van der Waals surface area contributed by atoms with Crippen molar-refractivity contribution in [2.75, 3.05) is 6.38 Å². The Morgan fingerprint density at radius 3 is 1.58 bits per heavy atom. The van der Waals surface area contributed by atoms with E-state index in [2.05, 4.69) is 62.7 Å². The van der Waals surface area contributed by atoms with Crippen LogP contribution in [0.3, 0.4) is 0 Å². The Morgan fingerprint density at radius 1 is 0.917 bits per heavy atom. The van der Waals surface area contributed by atoms with Gasteiger partial charge in [0.15, 0.2) is 0 Å². The second kappa shape index (κ2) is 5.21. The van der Waals surface area contributed by atoms with E-state index in [4.69, 9.17) is 0 Å². The number of hydrogen-bond donors (Lipinski definition) is 0. The van der Waals surface area contributed by atoms with Crippen molar-refractivity contribution in [1.29, 1.82) is 0 Å². The molecule has 1 aromatic carbocycles. The van der Waals surface area contributed by atoms with Gasteiger partial charge in [0.1, 0.15) is 0 Å². The van der Waals surface area contributed by atoms with Gasteiger partial charge < -0.3 is 0 Å². The lowest BCUT2D eigenvalue weighted by Gasteiger charge is -2.18. The summed E-state index contributed by atoms with van der Waals surface area (Å²) < 4.78 is 0. The summed E-state index contributed by atoms with van der Waals surface area (Å²) in [7, 11) is 0. The Labute approximate surface area is 80.6 Å². The average Bonchev–Trinajstić information content (AvgIpc) is 2.08. The molecule has 0 saturated carbocycles. The first-order valence-electron chi connectivity index (χ1n) is 4.04. The summed E-state index contributed by atoms with van der Waals surface area (Å²) in [5.74, 6) is 0. The molecule has 0 bridgehead atoms. The Morgan fingerprint density at radius 2 is 1.33 bits per heavy atom. The molecule has 0 radical (unpaired) electrons. The summed E-state index contributed by atoms with van der Waals surface area (Å²) in [6.45, 7) is 6.67. The Balaban J connectivity index is 0.000000561. The van der Waals surface area contributed by atoms with Crippen LogP contribution in [-0.4, -0.2) is 6.38 Å². The highest BCUT2D eigenvalue weighted by molar-refractivity contribution is 6.15. The van der Waals surface area contributed by atoms with Gasteiger partial charge in [0.05, 0.1) is 0 Å². The lowest BCUT2D eigenvalue weighted by Crippen LogP contribution is -2.10. The third kappa shape index (κ3) is 3.77. The van der Waals surface area contributed by atoms with Gasteiger partial charge in [0.25, 0.3) is 0 Å². The predicted octanol–water partition coefficient (Wildman–Crippen LogP) is 3.84. The summed E-state index contributed by atoms with van der Waals surface area (Å²) >= 11 is 4.64. The molecule has 0 aliphatic carbocycles. The van der Waals surface area contributed by atoms with Gasteiger partial charge in [0, 0.05) is 6.38 Å². The van der Waals surface area contributed by atoms with Crippen LogP contribution in [0.15, 0.2) is 30.3 Å². The molecule has 0 aliphatic heterocycles. The molecule has 0 saturated heterocycles. The van der Waals surface area contributed by atoms with Crippen LogP contribution < -0.4 is 0 Å². The molecule has 0 atom stereocenters. The lowest BCUT2D eigenvalue weighted by molar-refractivity contribution is 0.590. The number of benzene rings is 1. The zero-order chi connectivity index (χ0) is 9.61. The molecule has 0 nitrogen and oxygen atoms in total. The van der Waals surface area contributed by atoms with Crippen molar-refractivity contribution in [1.82, 2.24) is 0 Å². The maximum atomic E-state index is 4.64. The number of halogens is 1. The normalized spacial score (nSPS) is 10.1. The third-order valence-electron chi connectivity index (χ3n) is 1.64. The molecule has 1 rings (SSSR count). The van der Waals surface area contributed by atoms with Crippen LogP contribution in [0.4, 0.5) is 0 Å². The van der Waals surface area contributed by atoms with Gasteiger partial charge in [-0.15, -0.1) is 11.6 Å². The van der Waals surface area contributed by atoms with Crippen molar-refractivity contribution in [3.63, 3.8) is 0 Å². The molecule has 0 heterocycles. The standard InChI is InChI=1S/C10H14.CH3Cl/c1-10(2,3)9-7-5-4-6-8-9;1-2/h4-8H,1-3H3;1H3. The van der Waals surface area contributed by atoms with E-state index in [0.717, 1.165) is 0 Å². The molecular formula is C11H17Cl. The summed E-state index contributed by atoms with van der Waals surface area (Å²) in [5, 5.41) is 0. The molecule has 0 amide bonds. The summed E-state index contributed by atoms with van der Waals surface area (Å²) in [6, 6.07) is 10.6. The maximum absolute atomic E-state index is 4.64. The van der Waals surface area contributed by atoms with E-state index >= 15 is 0 Å². The minimum atomic E-state index is 0.293. The smallest absolute Gasteiger partial charge is 0.0108 e. The third-order valence-corrected chi connectivity index (χ3v) is 1.64. The van der Waals surface area contributed by atoms with Crippen LogP contribution in [0, 0.1) is 0 Å². The summed E-state index contributed by atoms with van der Waals surface area (Å²) in [4.78, 5) is 0. The highest BCUT2D eigenvalue weighted by Crippen LogP contribution is 2.20. The molecule has 1 heteroatoms. The van der Waals surface area contributed by atoms with Crippen LogP contribution in [0.5, 0.6) is 0 Å². The van der Waals surface area contributed by atoms with E-state index < -0.39 is 0 Å². The van der Waals surface area contributed by atoms with Crippen molar-refractivity contribution in [3.05, 3.63) is 35.9 Å². The first kappa shape index (κ1) is 11.5. The molecule has 0 fully saturated rings. The van der Waals surface area contributed by atoms with E-state index in [1.165, 1.54) is 11.9 Å². The quantitative estimate of drug-likeness (QED) is 0.538. The van der Waals surface area contributed by atoms with Crippen LogP contribution >= 0.6 is 11.6 Å². The monoisotopic (exact) mass is 184 g/mol. The Bertz CT molecular complexity index is 196. The number of hydrogen-bond acceptors (Lipinski definition) is 0. The largest absolute Gasteiger partial charge is 0.130 e. The Hall–Kier alpha value is -0.490. The lowest BCUT2D eigenvalue weighted by atomic mass is 9.87. The van der Waals surface area contributed by atoms with E-state index in [1.807, 2.05) is 0 Å². The van der Waals surface area contributed by atoms with E-state index in [0.29, 0.717) is 5.41 Å². The van der Waals surface area contributed by atoms with Gasteiger partial charge in [-0.1, -0.05) is 51.1 Å². The van der Waals surface area contributed by atoms with Crippen LogP contribution in [0.1, 0.15) is 26.3 Å². The van der Waals surface area contributed by atoms with Gasteiger partial charge in [0.2, 0.25) is 0 Å². The molecular weight excluding hydrogens is 168 g/mol. The van der Waals surface area contributed by atoms with Crippen molar-refractivity contribution < 1.29 is 0 Å². The van der Waals surface area contributed by atoms with Crippen LogP contribution in [-0.2, 0) is 5.41 Å². The molecule has 68 valence electrons. The molecule has 0 aromatic heterocycles. The molecule has 0 N–H and O–H groups in total. The summed E-state index contributed by atoms with van der Waals surface area (Å²) in [5.41, 5.74) is 1.69. The molecule has 0 aliphatic rings. The van der Waals surface area contributed by atoms with Crippen molar-refractivity contribution in [2.45, 2.75) is 26.2 Å². The van der Waals surface area contributed by atoms with Crippen molar-refractivity contribution in [2.24, 2.45) is 0 Å². The summed E-state index contributed by atoms with van der Waals surface area (Å²) in [6.07, 6.45) is 1.47. The van der Waals surface area contributed by atoms with Gasteiger partial charge in [-0.2, -0.15) is 0 Å². The molecule has 1 aromatic rings. The fraction of sp³-hybridized carbons (Fsp3) is 0.455. The minimum absolute atomic E-state index is 0.293. The zero-order valence-corrected chi connectivity index (χ0v) is 9.02. The van der Waals surface area contributed by atoms with Crippen LogP contribution in [0.25, 0.3) is 0 Å². The highest BCUT2D eigenvalue weighted by Gasteiger charge is 2.11. The maximum Gasteiger partial charge on any atom is 0.0108 e. The second-order valence-electron chi connectivity index (χ2n) is 3.62. The van der Waals surface area contributed by atoms with Crippen molar-refractivity contribution >= 4 is 11.6 Å². The zero-order valence-electron chi connectivity index (χ0n) is 8.26. The van der Waals surface area contributed by atoms with Gasteiger partial charge >= 0.3 is 0 Å². The van der Waals surface area contributed by atoms with E-state index in [-0.39, 0.29) is 0 Å². The first-order chi connectivity index (χ1) is 5.61. The second-order valence-corrected chi connectivity index (χ2v) is 3.62.